The SMILES string of the molecule is Cc1ccc(OCC2(C)CCN2)cc1C(=O)NC1(c2cccc3ccccc23)CC1. The zero-order valence-electron chi connectivity index (χ0n) is 17.6. The van der Waals surface area contributed by atoms with Gasteiger partial charge in [0.1, 0.15) is 12.4 Å². The van der Waals surface area contributed by atoms with E-state index in [1.54, 1.807) is 0 Å². The Morgan fingerprint density at radius 1 is 1.07 bits per heavy atom. The van der Waals surface area contributed by atoms with Crippen LogP contribution in [0.3, 0.4) is 0 Å². The molecule has 30 heavy (non-hydrogen) atoms. The van der Waals surface area contributed by atoms with Crippen molar-refractivity contribution in [3.63, 3.8) is 0 Å². The highest BCUT2D eigenvalue weighted by Crippen LogP contribution is 2.48. The van der Waals surface area contributed by atoms with E-state index < -0.39 is 0 Å². The van der Waals surface area contributed by atoms with Crippen LogP contribution in [-0.4, -0.2) is 24.6 Å². The minimum atomic E-state index is -0.273. The van der Waals surface area contributed by atoms with Gasteiger partial charge in [0.2, 0.25) is 0 Å². The van der Waals surface area contributed by atoms with Crippen molar-refractivity contribution in [3.05, 3.63) is 77.4 Å². The van der Waals surface area contributed by atoms with E-state index in [4.69, 9.17) is 4.74 Å². The molecule has 4 nitrogen and oxygen atoms in total. The molecule has 2 fully saturated rings. The normalized spacial score (nSPS) is 21.7. The lowest BCUT2D eigenvalue weighted by atomic mass is 9.91. The van der Waals surface area contributed by atoms with Gasteiger partial charge >= 0.3 is 0 Å². The van der Waals surface area contributed by atoms with E-state index in [0.717, 1.165) is 37.1 Å². The summed E-state index contributed by atoms with van der Waals surface area (Å²) in [7, 11) is 0. The Morgan fingerprint density at radius 3 is 2.57 bits per heavy atom. The van der Waals surface area contributed by atoms with E-state index >= 15 is 0 Å². The van der Waals surface area contributed by atoms with Gasteiger partial charge in [-0.15, -0.1) is 0 Å². The van der Waals surface area contributed by atoms with Gasteiger partial charge in [0.05, 0.1) is 11.1 Å². The first kappa shape index (κ1) is 19.1. The molecule has 1 heterocycles. The molecule has 1 saturated carbocycles. The van der Waals surface area contributed by atoms with Gasteiger partial charge in [-0.3, -0.25) is 4.79 Å². The van der Waals surface area contributed by atoms with Gasteiger partial charge in [0, 0.05) is 5.56 Å². The van der Waals surface area contributed by atoms with Crippen LogP contribution in [0.15, 0.2) is 60.7 Å². The zero-order chi connectivity index (χ0) is 20.8. The maximum Gasteiger partial charge on any atom is 0.252 e. The first-order valence-corrected chi connectivity index (χ1v) is 10.8. The number of fused-ring (bicyclic) bond motifs is 1. The van der Waals surface area contributed by atoms with E-state index in [1.165, 1.54) is 16.3 Å². The van der Waals surface area contributed by atoms with Crippen LogP contribution in [0, 0.1) is 6.92 Å². The third-order valence-electron chi connectivity index (χ3n) is 6.65. The molecule has 1 amide bonds. The minimum Gasteiger partial charge on any atom is -0.492 e. The molecule has 1 saturated heterocycles. The van der Waals surface area contributed by atoms with Crippen LogP contribution in [0.5, 0.6) is 5.75 Å². The average molecular weight is 401 g/mol. The van der Waals surface area contributed by atoms with Crippen molar-refractivity contribution in [1.29, 1.82) is 0 Å². The number of ether oxygens (including phenoxy) is 1. The minimum absolute atomic E-state index is 0.0311. The van der Waals surface area contributed by atoms with Crippen LogP contribution in [0.25, 0.3) is 10.8 Å². The summed E-state index contributed by atoms with van der Waals surface area (Å²) < 4.78 is 6.00. The fraction of sp³-hybridized carbons (Fsp3) is 0.346. The summed E-state index contributed by atoms with van der Waals surface area (Å²) >= 11 is 0. The number of carbonyl (C=O) groups excluding carboxylic acids is 1. The predicted octanol–water partition coefficient (Wildman–Crippen LogP) is 4.70. The van der Waals surface area contributed by atoms with Crippen LogP contribution >= 0.6 is 0 Å². The molecule has 0 radical (unpaired) electrons. The lowest BCUT2D eigenvalue weighted by molar-refractivity contribution is 0.0929. The summed E-state index contributed by atoms with van der Waals surface area (Å²) in [5.41, 5.74) is 2.62. The van der Waals surface area contributed by atoms with Crippen molar-refractivity contribution >= 4 is 16.7 Å². The Hall–Kier alpha value is -2.85. The van der Waals surface area contributed by atoms with Gasteiger partial charge in [-0.2, -0.15) is 0 Å². The van der Waals surface area contributed by atoms with Gasteiger partial charge in [-0.25, -0.2) is 0 Å². The van der Waals surface area contributed by atoms with Gasteiger partial charge in [0.15, 0.2) is 0 Å². The average Bonchev–Trinajstić information content (AvgIpc) is 3.51. The fourth-order valence-corrected chi connectivity index (χ4v) is 4.37. The quantitative estimate of drug-likeness (QED) is 0.631. The number of hydrogen-bond acceptors (Lipinski definition) is 3. The summed E-state index contributed by atoms with van der Waals surface area (Å²) in [5, 5.41) is 9.18. The Bertz CT molecular complexity index is 1110. The number of aryl methyl sites for hydroxylation is 1. The van der Waals surface area contributed by atoms with Crippen molar-refractivity contribution in [2.24, 2.45) is 0 Å². The van der Waals surface area contributed by atoms with Gasteiger partial charge in [-0.05, 0) is 73.7 Å². The first-order chi connectivity index (χ1) is 14.5. The lowest BCUT2D eigenvalue weighted by Gasteiger charge is -2.39. The summed E-state index contributed by atoms with van der Waals surface area (Å²) in [5.74, 6) is 0.715. The second-order valence-electron chi connectivity index (χ2n) is 9.07. The fourth-order valence-electron chi connectivity index (χ4n) is 4.37. The molecule has 3 aromatic carbocycles. The molecule has 1 unspecified atom stereocenters. The second-order valence-corrected chi connectivity index (χ2v) is 9.07. The highest BCUT2D eigenvalue weighted by atomic mass is 16.5. The molecule has 0 aromatic heterocycles. The molecule has 2 N–H and O–H groups in total. The van der Waals surface area contributed by atoms with Crippen molar-refractivity contribution in [3.8, 4) is 5.75 Å². The highest BCUT2D eigenvalue weighted by molar-refractivity contribution is 5.97. The van der Waals surface area contributed by atoms with Crippen LogP contribution in [0.1, 0.15) is 47.7 Å². The van der Waals surface area contributed by atoms with Crippen LogP contribution < -0.4 is 15.4 Å². The van der Waals surface area contributed by atoms with E-state index in [1.807, 2.05) is 25.1 Å². The lowest BCUT2D eigenvalue weighted by Crippen LogP contribution is -2.58. The molecule has 0 bridgehead atoms. The topological polar surface area (TPSA) is 50.4 Å². The third kappa shape index (κ3) is 3.46. The highest BCUT2D eigenvalue weighted by Gasteiger charge is 2.46. The zero-order valence-corrected chi connectivity index (χ0v) is 17.6. The third-order valence-corrected chi connectivity index (χ3v) is 6.65. The Kier molecular flexibility index (Phi) is 4.55. The summed E-state index contributed by atoms with van der Waals surface area (Å²) in [4.78, 5) is 13.3. The Morgan fingerprint density at radius 2 is 1.83 bits per heavy atom. The van der Waals surface area contributed by atoms with Crippen LogP contribution in [0.2, 0.25) is 0 Å². The van der Waals surface area contributed by atoms with Gasteiger partial charge in [-0.1, -0.05) is 48.5 Å². The molecule has 5 rings (SSSR count). The molecule has 1 aliphatic carbocycles. The van der Waals surface area contributed by atoms with Crippen molar-refractivity contribution in [2.45, 2.75) is 44.2 Å². The Labute approximate surface area is 177 Å². The molecule has 3 aromatic rings. The summed E-state index contributed by atoms with van der Waals surface area (Å²) in [6, 6.07) is 20.5. The van der Waals surface area contributed by atoms with E-state index in [-0.39, 0.29) is 17.0 Å². The molecular formula is C26H28N2O2. The van der Waals surface area contributed by atoms with E-state index in [9.17, 15) is 4.79 Å². The van der Waals surface area contributed by atoms with Crippen LogP contribution in [-0.2, 0) is 5.54 Å². The molecular weight excluding hydrogens is 372 g/mol. The number of nitrogens with one attached hydrogen (secondary N) is 2. The maximum atomic E-state index is 13.3. The van der Waals surface area contributed by atoms with Crippen molar-refractivity contribution in [2.75, 3.05) is 13.2 Å². The standard InChI is InChI=1S/C26H28N2O2/c1-18-10-11-20(30-17-25(2)14-15-27-25)16-22(18)24(29)28-26(12-13-26)23-9-5-7-19-6-3-4-8-21(19)23/h3-11,16,27H,12-15,17H2,1-2H3,(H,28,29). The molecule has 1 aliphatic heterocycles. The Balaban J connectivity index is 1.38. The van der Waals surface area contributed by atoms with Crippen molar-refractivity contribution in [1.82, 2.24) is 10.6 Å². The summed E-state index contributed by atoms with van der Waals surface area (Å²) in [6.45, 7) is 5.79. The molecule has 2 aliphatic rings. The van der Waals surface area contributed by atoms with Gasteiger partial charge < -0.3 is 15.4 Å². The molecule has 154 valence electrons. The number of benzene rings is 3. The van der Waals surface area contributed by atoms with Gasteiger partial charge in [0.25, 0.3) is 5.91 Å². The van der Waals surface area contributed by atoms with Crippen LogP contribution in [0.4, 0.5) is 0 Å². The smallest absolute Gasteiger partial charge is 0.252 e. The first-order valence-electron chi connectivity index (χ1n) is 10.8. The van der Waals surface area contributed by atoms with Crippen molar-refractivity contribution < 1.29 is 9.53 Å². The number of hydrogen-bond donors (Lipinski definition) is 2. The number of carbonyl (C=O) groups is 1. The molecule has 0 spiro atoms. The molecule has 4 heteroatoms. The van der Waals surface area contributed by atoms with E-state index in [2.05, 4.69) is 60.0 Å². The summed E-state index contributed by atoms with van der Waals surface area (Å²) in [6.07, 6.45) is 3.04. The maximum absolute atomic E-state index is 13.3. The second kappa shape index (κ2) is 7.13. The monoisotopic (exact) mass is 400 g/mol. The molecule has 1 atom stereocenters. The number of rotatable bonds is 6. The predicted molar refractivity (Wildman–Crippen MR) is 120 cm³/mol. The number of amides is 1. The largest absolute Gasteiger partial charge is 0.492 e. The van der Waals surface area contributed by atoms with E-state index in [0.29, 0.717) is 12.2 Å².